The predicted octanol–water partition coefficient (Wildman–Crippen LogP) is 3.72. The van der Waals surface area contributed by atoms with E-state index in [4.69, 9.17) is 14.7 Å². The van der Waals surface area contributed by atoms with Gasteiger partial charge in [0.2, 0.25) is 0 Å². The minimum atomic E-state index is -0.443. The van der Waals surface area contributed by atoms with Gasteiger partial charge in [-0.2, -0.15) is 5.26 Å². The number of hydrogen-bond acceptors (Lipinski definition) is 4. The van der Waals surface area contributed by atoms with Crippen LogP contribution in [0.4, 0.5) is 0 Å². The van der Waals surface area contributed by atoms with Gasteiger partial charge in [-0.25, -0.2) is 4.79 Å². The van der Waals surface area contributed by atoms with Crippen LogP contribution >= 0.6 is 0 Å². The van der Waals surface area contributed by atoms with Gasteiger partial charge in [0.15, 0.2) is 0 Å². The first-order chi connectivity index (χ1) is 11.2. The number of ether oxygens (including phenoxy) is 2. The third-order valence-corrected chi connectivity index (χ3v) is 3.15. The number of nitriles is 1. The average molecular weight is 307 g/mol. The highest BCUT2D eigenvalue weighted by atomic mass is 16.5. The van der Waals surface area contributed by atoms with E-state index < -0.39 is 5.97 Å². The van der Waals surface area contributed by atoms with Crippen molar-refractivity contribution in [3.05, 3.63) is 66.7 Å². The van der Waals surface area contributed by atoms with Crippen molar-refractivity contribution in [1.29, 1.82) is 5.26 Å². The first-order valence-electron chi connectivity index (χ1n) is 7.26. The Morgan fingerprint density at radius 1 is 1.17 bits per heavy atom. The molecule has 0 unspecified atom stereocenters. The molecule has 0 radical (unpaired) electrons. The first kappa shape index (κ1) is 16.3. The summed E-state index contributed by atoms with van der Waals surface area (Å²) >= 11 is 0. The van der Waals surface area contributed by atoms with Crippen LogP contribution in [0, 0.1) is 11.3 Å². The van der Waals surface area contributed by atoms with Crippen LogP contribution in [0.15, 0.2) is 61.2 Å². The number of esters is 1. The smallest absolute Gasteiger partial charge is 0.330 e. The van der Waals surface area contributed by atoms with E-state index in [1.165, 1.54) is 0 Å². The maximum absolute atomic E-state index is 11.0. The van der Waals surface area contributed by atoms with Crippen molar-refractivity contribution < 1.29 is 14.3 Å². The number of benzene rings is 2. The summed E-state index contributed by atoms with van der Waals surface area (Å²) in [7, 11) is 0. The van der Waals surface area contributed by atoms with Gasteiger partial charge in [-0.1, -0.05) is 36.9 Å². The van der Waals surface area contributed by atoms with E-state index >= 15 is 0 Å². The molecule has 0 heterocycles. The molecule has 2 rings (SSSR count). The Hall–Kier alpha value is -3.06. The molecule has 2 aromatic carbocycles. The molecule has 0 aliphatic heterocycles. The molecule has 23 heavy (non-hydrogen) atoms. The minimum Gasteiger partial charge on any atom is -0.493 e. The third-order valence-electron chi connectivity index (χ3n) is 3.15. The Morgan fingerprint density at radius 3 is 2.65 bits per heavy atom. The molecule has 0 aromatic heterocycles. The van der Waals surface area contributed by atoms with E-state index in [9.17, 15) is 4.79 Å². The Bertz CT molecular complexity index is 717. The van der Waals surface area contributed by atoms with Crippen LogP contribution in [0.2, 0.25) is 0 Å². The molecule has 0 spiro atoms. The quantitative estimate of drug-likeness (QED) is 0.444. The molecule has 0 saturated carbocycles. The van der Waals surface area contributed by atoms with Crippen molar-refractivity contribution in [2.45, 2.75) is 6.42 Å². The zero-order chi connectivity index (χ0) is 16.5. The van der Waals surface area contributed by atoms with Crippen LogP contribution in [-0.2, 0) is 9.53 Å². The van der Waals surface area contributed by atoms with Gasteiger partial charge >= 0.3 is 5.97 Å². The fraction of sp³-hybridized carbons (Fsp3) is 0.158. The molecule has 0 aliphatic carbocycles. The van der Waals surface area contributed by atoms with E-state index in [1.54, 1.807) is 12.1 Å². The molecule has 0 saturated heterocycles. The summed E-state index contributed by atoms with van der Waals surface area (Å²) in [6.07, 6.45) is 1.69. The maximum atomic E-state index is 11.0. The standard InChI is InChI=1S/C19H17NO3/c1-2-19(21)23-12-6-11-22-18-13-15(14-20)9-10-17(18)16-7-4-3-5-8-16/h2-5,7-10,13H,1,6,11-12H2. The van der Waals surface area contributed by atoms with Crippen molar-refractivity contribution in [3.63, 3.8) is 0 Å². The Morgan fingerprint density at radius 2 is 1.96 bits per heavy atom. The van der Waals surface area contributed by atoms with Crippen LogP contribution in [0.5, 0.6) is 5.75 Å². The van der Waals surface area contributed by atoms with E-state index in [-0.39, 0.29) is 6.61 Å². The predicted molar refractivity (Wildman–Crippen MR) is 87.9 cm³/mol. The topological polar surface area (TPSA) is 59.3 Å². The molecule has 4 nitrogen and oxygen atoms in total. The zero-order valence-corrected chi connectivity index (χ0v) is 12.7. The molecular formula is C19H17NO3. The Labute approximate surface area is 135 Å². The zero-order valence-electron chi connectivity index (χ0n) is 12.7. The summed E-state index contributed by atoms with van der Waals surface area (Å²) in [6.45, 7) is 3.99. The second-order valence-electron chi connectivity index (χ2n) is 4.76. The first-order valence-corrected chi connectivity index (χ1v) is 7.26. The Balaban J connectivity index is 2.06. The highest BCUT2D eigenvalue weighted by molar-refractivity contribution is 5.81. The number of carbonyl (C=O) groups excluding carboxylic acids is 1. The lowest BCUT2D eigenvalue weighted by atomic mass is 10.0. The van der Waals surface area contributed by atoms with Crippen LogP contribution in [-0.4, -0.2) is 19.2 Å². The molecule has 0 bridgehead atoms. The molecular weight excluding hydrogens is 290 g/mol. The van der Waals surface area contributed by atoms with Crippen LogP contribution in [0.3, 0.4) is 0 Å². The fourth-order valence-corrected chi connectivity index (χ4v) is 2.04. The summed E-state index contributed by atoms with van der Waals surface area (Å²) < 4.78 is 10.7. The Kier molecular flexibility index (Phi) is 5.96. The van der Waals surface area contributed by atoms with Gasteiger partial charge in [0.05, 0.1) is 24.8 Å². The molecule has 0 amide bonds. The maximum Gasteiger partial charge on any atom is 0.330 e. The molecule has 0 aliphatic rings. The van der Waals surface area contributed by atoms with Gasteiger partial charge in [0.1, 0.15) is 5.75 Å². The van der Waals surface area contributed by atoms with Gasteiger partial charge in [-0.3, -0.25) is 0 Å². The summed E-state index contributed by atoms with van der Waals surface area (Å²) in [5.41, 5.74) is 2.48. The lowest BCUT2D eigenvalue weighted by molar-refractivity contribution is -0.137. The van der Waals surface area contributed by atoms with Gasteiger partial charge in [-0.15, -0.1) is 0 Å². The monoisotopic (exact) mass is 307 g/mol. The summed E-state index contributed by atoms with van der Waals surface area (Å²) in [4.78, 5) is 11.0. The number of rotatable bonds is 7. The highest BCUT2D eigenvalue weighted by Gasteiger charge is 2.08. The van der Waals surface area contributed by atoms with Gasteiger partial charge in [0.25, 0.3) is 0 Å². The normalized spacial score (nSPS) is 9.70. The molecule has 0 N–H and O–H groups in total. The average Bonchev–Trinajstić information content (AvgIpc) is 2.61. The van der Waals surface area contributed by atoms with Crippen molar-refractivity contribution in [2.24, 2.45) is 0 Å². The van der Waals surface area contributed by atoms with E-state index in [0.717, 1.165) is 17.2 Å². The van der Waals surface area contributed by atoms with Crippen LogP contribution in [0.25, 0.3) is 11.1 Å². The molecule has 0 atom stereocenters. The second kappa shape index (κ2) is 8.40. The lowest BCUT2D eigenvalue weighted by Crippen LogP contribution is -2.07. The number of hydrogen-bond donors (Lipinski definition) is 0. The third kappa shape index (κ3) is 4.72. The SMILES string of the molecule is C=CC(=O)OCCCOc1cc(C#N)ccc1-c1ccccc1. The summed E-state index contributed by atoms with van der Waals surface area (Å²) in [5.74, 6) is 0.201. The highest BCUT2D eigenvalue weighted by Crippen LogP contribution is 2.30. The van der Waals surface area contributed by atoms with E-state index in [2.05, 4.69) is 12.6 Å². The van der Waals surface area contributed by atoms with E-state index in [1.807, 2.05) is 36.4 Å². The minimum absolute atomic E-state index is 0.267. The molecule has 2 aromatic rings. The number of nitrogens with zero attached hydrogens (tertiary/aromatic N) is 1. The van der Waals surface area contributed by atoms with Gasteiger partial charge in [0, 0.05) is 18.1 Å². The molecule has 116 valence electrons. The van der Waals surface area contributed by atoms with Crippen molar-refractivity contribution in [1.82, 2.24) is 0 Å². The van der Waals surface area contributed by atoms with Crippen LogP contribution in [0.1, 0.15) is 12.0 Å². The second-order valence-corrected chi connectivity index (χ2v) is 4.76. The van der Waals surface area contributed by atoms with E-state index in [0.29, 0.717) is 24.3 Å². The number of carbonyl (C=O) groups is 1. The fourth-order valence-electron chi connectivity index (χ4n) is 2.04. The van der Waals surface area contributed by atoms with Crippen molar-refractivity contribution in [3.8, 4) is 22.9 Å². The van der Waals surface area contributed by atoms with Crippen LogP contribution < -0.4 is 4.74 Å². The molecule has 0 fully saturated rings. The van der Waals surface area contributed by atoms with Crippen molar-refractivity contribution >= 4 is 5.97 Å². The lowest BCUT2D eigenvalue weighted by Gasteiger charge is -2.12. The largest absolute Gasteiger partial charge is 0.493 e. The summed E-state index contributed by atoms with van der Waals surface area (Å²) in [5, 5.41) is 9.05. The molecule has 4 heteroatoms. The van der Waals surface area contributed by atoms with Gasteiger partial charge in [-0.05, 0) is 23.8 Å². The summed E-state index contributed by atoms with van der Waals surface area (Å²) in [6, 6.07) is 17.3. The van der Waals surface area contributed by atoms with Gasteiger partial charge < -0.3 is 9.47 Å². The van der Waals surface area contributed by atoms with Crippen molar-refractivity contribution in [2.75, 3.05) is 13.2 Å².